The minimum Gasteiger partial charge on any atom is -0.291 e. The first kappa shape index (κ1) is 7.06. The van der Waals surface area contributed by atoms with Gasteiger partial charge in [0.2, 0.25) is 0 Å². The minimum atomic E-state index is -0.405. The second-order valence-corrected chi connectivity index (χ2v) is 1.89. The Morgan fingerprint density at radius 1 is 0.900 bits per heavy atom. The molecule has 0 atom stereocenters. The van der Waals surface area contributed by atoms with Gasteiger partial charge in [-0.05, 0) is 12.2 Å². The highest BCUT2D eigenvalue weighted by atomic mass is 16.1. The lowest BCUT2D eigenvalue weighted by Crippen LogP contribution is -2.14. The maximum atomic E-state index is 10.6. The van der Waals surface area contributed by atoms with E-state index in [0.717, 1.165) is 12.2 Å². The van der Waals surface area contributed by atoms with E-state index in [9.17, 15) is 9.59 Å². The van der Waals surface area contributed by atoms with Crippen molar-refractivity contribution >= 4 is 27.3 Å². The van der Waals surface area contributed by atoms with E-state index in [4.69, 9.17) is 15.7 Å². The predicted octanol–water partition coefficient (Wildman–Crippen LogP) is -0.757. The van der Waals surface area contributed by atoms with E-state index in [0.29, 0.717) is 0 Å². The van der Waals surface area contributed by atoms with Gasteiger partial charge in [-0.2, -0.15) is 0 Å². The Hall–Kier alpha value is -1.05. The third kappa shape index (κ3) is 0.967. The van der Waals surface area contributed by atoms with E-state index in [1.165, 1.54) is 0 Å². The molecule has 0 aliphatic heterocycles. The van der Waals surface area contributed by atoms with Crippen LogP contribution in [-0.2, 0) is 9.59 Å². The molecule has 0 amide bonds. The Kier molecular flexibility index (Phi) is 1.62. The molecule has 0 spiro atoms. The van der Waals surface area contributed by atoms with Crippen LogP contribution in [0.3, 0.4) is 0 Å². The van der Waals surface area contributed by atoms with Crippen molar-refractivity contribution in [3.05, 3.63) is 23.1 Å². The molecule has 0 saturated carbocycles. The number of hydrogen-bond donors (Lipinski definition) is 0. The van der Waals surface area contributed by atoms with Crippen LogP contribution in [0.4, 0.5) is 0 Å². The summed E-state index contributed by atoms with van der Waals surface area (Å²) in [5.41, 5.74) is -0.319. The summed E-state index contributed by atoms with van der Waals surface area (Å²) in [7, 11) is 10.3. The van der Waals surface area contributed by atoms with Crippen molar-refractivity contribution in [1.82, 2.24) is 0 Å². The summed E-state index contributed by atoms with van der Waals surface area (Å²) < 4.78 is 0. The molecule has 0 saturated heterocycles. The summed E-state index contributed by atoms with van der Waals surface area (Å²) in [5.74, 6) is -0.811. The first-order chi connectivity index (χ1) is 4.63. The van der Waals surface area contributed by atoms with Gasteiger partial charge in [-0.25, -0.2) is 0 Å². The molecule has 0 unspecified atom stereocenters. The molecule has 44 valence electrons. The van der Waals surface area contributed by atoms with Gasteiger partial charge in [-0.3, -0.25) is 9.59 Å². The lowest BCUT2D eigenvalue weighted by Gasteiger charge is -2.05. The number of ketones is 2. The summed E-state index contributed by atoms with van der Waals surface area (Å²) in [6, 6.07) is 0. The second kappa shape index (κ2) is 2.29. The lowest BCUT2D eigenvalue weighted by atomic mass is 9.74. The van der Waals surface area contributed by atoms with E-state index >= 15 is 0 Å². The van der Waals surface area contributed by atoms with Crippen LogP contribution in [0.2, 0.25) is 0 Å². The largest absolute Gasteiger partial charge is 0.291 e. The molecule has 2 nitrogen and oxygen atoms in total. The molecule has 1 aliphatic carbocycles. The van der Waals surface area contributed by atoms with Gasteiger partial charge >= 0.3 is 0 Å². The van der Waals surface area contributed by atoms with E-state index in [2.05, 4.69) is 0 Å². The second-order valence-electron chi connectivity index (χ2n) is 1.89. The van der Waals surface area contributed by atoms with Crippen molar-refractivity contribution in [2.75, 3.05) is 0 Å². The number of carbonyl (C=O) groups is 2. The van der Waals surface area contributed by atoms with Crippen LogP contribution in [0.25, 0.3) is 0 Å². The highest BCUT2D eigenvalue weighted by Gasteiger charge is 2.12. The average molecular weight is 128 g/mol. The monoisotopic (exact) mass is 128 g/mol. The van der Waals surface area contributed by atoms with Gasteiger partial charge in [0.15, 0.2) is 11.6 Å². The first-order valence-electron chi connectivity index (χ1n) is 2.65. The van der Waals surface area contributed by atoms with Crippen LogP contribution in [-0.4, -0.2) is 27.3 Å². The molecule has 1 rings (SSSR count). The molecule has 4 heteroatoms. The van der Waals surface area contributed by atoms with Crippen molar-refractivity contribution in [3.63, 3.8) is 0 Å². The Balaban J connectivity index is 3.12. The van der Waals surface area contributed by atoms with Crippen molar-refractivity contribution in [3.8, 4) is 0 Å². The standard InChI is InChI=1S/C6H2B2O2/c7-5-3(9)1-2-4(10)6(5)8/h1-2H. The van der Waals surface area contributed by atoms with Gasteiger partial charge in [-0.1, -0.05) is 10.9 Å². The lowest BCUT2D eigenvalue weighted by molar-refractivity contribution is -0.114. The number of carbonyl (C=O) groups excluding carboxylic acids is 2. The van der Waals surface area contributed by atoms with E-state index in [-0.39, 0.29) is 10.9 Å². The van der Waals surface area contributed by atoms with Crippen LogP contribution >= 0.6 is 0 Å². The molecule has 10 heavy (non-hydrogen) atoms. The van der Waals surface area contributed by atoms with Crippen molar-refractivity contribution in [2.24, 2.45) is 0 Å². The van der Waals surface area contributed by atoms with Crippen LogP contribution in [0.15, 0.2) is 23.1 Å². The summed E-state index contributed by atoms with van der Waals surface area (Å²) in [6.07, 6.45) is 2.21. The van der Waals surface area contributed by atoms with E-state index in [1.54, 1.807) is 0 Å². The molecule has 0 aromatic rings. The molecule has 0 bridgehead atoms. The predicted molar refractivity (Wildman–Crippen MR) is 37.7 cm³/mol. The maximum Gasteiger partial charge on any atom is 0.171 e. The Morgan fingerprint density at radius 2 is 1.20 bits per heavy atom. The summed E-state index contributed by atoms with van der Waals surface area (Å²) >= 11 is 0. The molecular weight excluding hydrogens is 126 g/mol. The molecular formula is C6H2B2O2. The van der Waals surface area contributed by atoms with Crippen molar-refractivity contribution < 1.29 is 9.59 Å². The summed E-state index contributed by atoms with van der Waals surface area (Å²) in [6.45, 7) is 0. The smallest absolute Gasteiger partial charge is 0.171 e. The minimum absolute atomic E-state index is 0.160. The third-order valence-corrected chi connectivity index (χ3v) is 1.21. The average Bonchev–Trinajstić information content (AvgIpc) is 1.93. The Bertz CT molecular complexity index is 237. The van der Waals surface area contributed by atoms with Gasteiger partial charge in [-0.15, -0.1) is 0 Å². The highest BCUT2D eigenvalue weighted by molar-refractivity contribution is 6.53. The van der Waals surface area contributed by atoms with Gasteiger partial charge in [0.1, 0.15) is 15.7 Å². The van der Waals surface area contributed by atoms with E-state index in [1.807, 2.05) is 0 Å². The first-order valence-corrected chi connectivity index (χ1v) is 2.65. The van der Waals surface area contributed by atoms with Gasteiger partial charge in [0.25, 0.3) is 0 Å². The normalized spacial score (nSPS) is 18.4. The molecule has 0 aromatic heterocycles. The number of allylic oxidation sites excluding steroid dienone is 4. The summed E-state index contributed by atoms with van der Waals surface area (Å²) in [4.78, 5) is 21.3. The SMILES string of the molecule is [B]C1=C([B])C(=O)C=CC1=O. The Morgan fingerprint density at radius 3 is 1.50 bits per heavy atom. The fourth-order valence-corrected chi connectivity index (χ4v) is 0.596. The molecule has 0 N–H and O–H groups in total. The number of rotatable bonds is 0. The Labute approximate surface area is 60.8 Å². The molecule has 0 fully saturated rings. The molecule has 0 heterocycles. The zero-order chi connectivity index (χ0) is 7.72. The molecule has 0 aromatic carbocycles. The zero-order valence-corrected chi connectivity index (χ0v) is 5.13. The maximum absolute atomic E-state index is 10.6. The fourth-order valence-electron chi connectivity index (χ4n) is 0.596. The summed E-state index contributed by atoms with van der Waals surface area (Å²) in [5, 5.41) is 0. The van der Waals surface area contributed by atoms with Crippen LogP contribution < -0.4 is 0 Å². The van der Waals surface area contributed by atoms with Gasteiger partial charge in [0.05, 0.1) is 0 Å². The fraction of sp³-hybridized carbons (Fsp3) is 0. The third-order valence-electron chi connectivity index (χ3n) is 1.21. The van der Waals surface area contributed by atoms with E-state index < -0.39 is 11.6 Å². The van der Waals surface area contributed by atoms with Crippen LogP contribution in [0, 0.1) is 0 Å². The molecule has 1 aliphatic rings. The van der Waals surface area contributed by atoms with Crippen LogP contribution in [0.1, 0.15) is 0 Å². The topological polar surface area (TPSA) is 34.1 Å². The zero-order valence-electron chi connectivity index (χ0n) is 5.13. The highest BCUT2D eigenvalue weighted by Crippen LogP contribution is 2.06. The molecule has 4 radical (unpaired) electrons. The van der Waals surface area contributed by atoms with Crippen molar-refractivity contribution in [2.45, 2.75) is 0 Å². The number of hydrogen-bond acceptors (Lipinski definition) is 2. The van der Waals surface area contributed by atoms with Crippen molar-refractivity contribution in [1.29, 1.82) is 0 Å². The van der Waals surface area contributed by atoms with Crippen LogP contribution in [0.5, 0.6) is 0 Å². The quantitative estimate of drug-likeness (QED) is 0.317. The van der Waals surface area contributed by atoms with Gasteiger partial charge in [0, 0.05) is 0 Å². The van der Waals surface area contributed by atoms with Gasteiger partial charge < -0.3 is 0 Å².